The molecule has 0 bridgehead atoms. The lowest BCUT2D eigenvalue weighted by molar-refractivity contribution is 0.628. The van der Waals surface area contributed by atoms with Crippen LogP contribution < -0.4 is 10.6 Å². The Bertz CT molecular complexity index is 616. The van der Waals surface area contributed by atoms with Gasteiger partial charge in [0.2, 0.25) is 11.9 Å². The summed E-state index contributed by atoms with van der Waals surface area (Å²) < 4.78 is 13.1. The zero-order valence-electron chi connectivity index (χ0n) is 11.3. The highest BCUT2D eigenvalue weighted by Crippen LogP contribution is 2.27. The Kier molecular flexibility index (Phi) is 4.34. The Hall–Kier alpha value is -1.95. The first-order valence-electron chi connectivity index (χ1n) is 6.27. The van der Waals surface area contributed by atoms with Gasteiger partial charge >= 0.3 is 0 Å². The summed E-state index contributed by atoms with van der Waals surface area (Å²) in [5.41, 5.74) is 6.24. The molecule has 1 aromatic carbocycles. The summed E-state index contributed by atoms with van der Waals surface area (Å²) in [5, 5.41) is 0.237. The lowest BCUT2D eigenvalue weighted by atomic mass is 10.2. The molecule has 0 unspecified atom stereocenters. The maximum absolute atomic E-state index is 13.1. The van der Waals surface area contributed by atoms with Crippen LogP contribution in [-0.2, 0) is 0 Å². The maximum Gasteiger partial charge on any atom is 0.230 e. The number of nitrogens with zero attached hydrogens (tertiary/aromatic N) is 4. The van der Waals surface area contributed by atoms with E-state index in [-0.39, 0.29) is 11.0 Å². The fourth-order valence-electron chi connectivity index (χ4n) is 1.82. The smallest absolute Gasteiger partial charge is 0.230 e. The summed E-state index contributed by atoms with van der Waals surface area (Å²) in [5.74, 6) is 0.518. The predicted octanol–water partition coefficient (Wildman–Crippen LogP) is 2.76. The molecule has 0 amide bonds. The minimum atomic E-state index is -0.412. The Morgan fingerprint density at radius 3 is 2.50 bits per heavy atom. The Morgan fingerprint density at radius 2 is 1.90 bits per heavy atom. The van der Waals surface area contributed by atoms with Gasteiger partial charge in [0.1, 0.15) is 5.82 Å². The van der Waals surface area contributed by atoms with Crippen molar-refractivity contribution >= 4 is 23.5 Å². The topological polar surface area (TPSA) is 67.9 Å². The number of nitrogen functional groups attached to an aromatic ring is 1. The normalized spacial score (nSPS) is 10.6. The average molecular weight is 296 g/mol. The molecule has 2 aromatic rings. The van der Waals surface area contributed by atoms with Gasteiger partial charge in [0.15, 0.2) is 5.82 Å². The minimum absolute atomic E-state index is 0.109. The summed E-state index contributed by atoms with van der Waals surface area (Å²) in [4.78, 5) is 14.5. The van der Waals surface area contributed by atoms with E-state index in [4.69, 9.17) is 17.3 Å². The summed E-state index contributed by atoms with van der Waals surface area (Å²) in [6.07, 6.45) is 0. The summed E-state index contributed by atoms with van der Waals surface area (Å²) in [6, 6.07) is 4.05. The second kappa shape index (κ2) is 6.00. The van der Waals surface area contributed by atoms with E-state index in [0.29, 0.717) is 17.3 Å². The van der Waals surface area contributed by atoms with Crippen molar-refractivity contribution in [3.8, 4) is 11.4 Å². The predicted molar refractivity (Wildman–Crippen MR) is 78.2 cm³/mol. The first-order chi connectivity index (χ1) is 9.55. The van der Waals surface area contributed by atoms with Crippen molar-refractivity contribution < 1.29 is 4.39 Å². The molecule has 0 saturated heterocycles. The molecule has 0 radical (unpaired) electrons. The number of hydrogen-bond donors (Lipinski definition) is 1. The molecular formula is C13H15ClFN5. The van der Waals surface area contributed by atoms with E-state index in [9.17, 15) is 4.39 Å². The summed E-state index contributed by atoms with van der Waals surface area (Å²) in [7, 11) is 0. The van der Waals surface area contributed by atoms with Crippen molar-refractivity contribution in [1.82, 2.24) is 15.0 Å². The van der Waals surface area contributed by atoms with Crippen LogP contribution in [0, 0.1) is 5.82 Å². The van der Waals surface area contributed by atoms with Gasteiger partial charge in [-0.15, -0.1) is 0 Å². The van der Waals surface area contributed by atoms with Crippen LogP contribution in [0.5, 0.6) is 0 Å². The van der Waals surface area contributed by atoms with E-state index in [0.717, 1.165) is 13.1 Å². The van der Waals surface area contributed by atoms with E-state index in [1.54, 1.807) is 0 Å². The van der Waals surface area contributed by atoms with Crippen molar-refractivity contribution in [3.63, 3.8) is 0 Å². The highest BCUT2D eigenvalue weighted by atomic mass is 35.5. The van der Waals surface area contributed by atoms with Crippen molar-refractivity contribution in [2.45, 2.75) is 13.8 Å². The van der Waals surface area contributed by atoms with Gasteiger partial charge in [-0.05, 0) is 32.0 Å². The monoisotopic (exact) mass is 295 g/mol. The van der Waals surface area contributed by atoms with E-state index in [1.807, 2.05) is 18.7 Å². The van der Waals surface area contributed by atoms with Gasteiger partial charge < -0.3 is 10.6 Å². The van der Waals surface area contributed by atoms with Crippen LogP contribution in [0.25, 0.3) is 11.4 Å². The second-order valence-corrected chi connectivity index (χ2v) is 4.52. The third kappa shape index (κ3) is 2.96. The second-order valence-electron chi connectivity index (χ2n) is 4.11. The number of aromatic nitrogens is 3. The molecule has 0 aliphatic rings. The molecule has 0 aliphatic heterocycles. The van der Waals surface area contributed by atoms with Gasteiger partial charge in [-0.2, -0.15) is 15.0 Å². The number of rotatable bonds is 4. The van der Waals surface area contributed by atoms with Crippen molar-refractivity contribution in [1.29, 1.82) is 0 Å². The molecule has 1 heterocycles. The van der Waals surface area contributed by atoms with Gasteiger partial charge in [-0.25, -0.2) is 4.39 Å². The van der Waals surface area contributed by atoms with Crippen LogP contribution in [0.4, 0.5) is 16.3 Å². The Balaban J connectivity index is 2.51. The number of hydrogen-bond acceptors (Lipinski definition) is 5. The van der Waals surface area contributed by atoms with Crippen LogP contribution in [0.15, 0.2) is 18.2 Å². The van der Waals surface area contributed by atoms with Crippen molar-refractivity contribution in [2.75, 3.05) is 23.7 Å². The Labute approximate surface area is 121 Å². The highest BCUT2D eigenvalue weighted by Gasteiger charge is 2.13. The molecule has 7 heteroatoms. The molecule has 5 nitrogen and oxygen atoms in total. The molecule has 0 aliphatic carbocycles. The van der Waals surface area contributed by atoms with Gasteiger partial charge in [0, 0.05) is 18.7 Å². The zero-order valence-corrected chi connectivity index (χ0v) is 12.0. The molecule has 0 saturated carbocycles. The van der Waals surface area contributed by atoms with Gasteiger partial charge in [-0.3, -0.25) is 0 Å². The number of halogens is 2. The van der Waals surface area contributed by atoms with Crippen LogP contribution in [-0.4, -0.2) is 28.0 Å². The number of benzene rings is 1. The summed E-state index contributed by atoms with van der Waals surface area (Å²) in [6.45, 7) is 5.48. The SMILES string of the molecule is CCN(CC)c1nc(N)nc(-c2ccc(F)cc2Cl)n1. The minimum Gasteiger partial charge on any atom is -0.368 e. The fourth-order valence-corrected chi connectivity index (χ4v) is 2.07. The molecule has 0 spiro atoms. The number of nitrogens with two attached hydrogens (primary N) is 1. The molecule has 2 N–H and O–H groups in total. The standard InChI is InChI=1S/C13H15ClFN5/c1-3-20(4-2)13-18-11(17-12(16)19-13)9-6-5-8(15)7-10(9)14/h5-7H,3-4H2,1-2H3,(H2,16,17,18,19). The van der Waals surface area contributed by atoms with Crippen molar-refractivity contribution in [3.05, 3.63) is 29.0 Å². The third-order valence-electron chi connectivity index (χ3n) is 2.86. The van der Waals surface area contributed by atoms with Crippen molar-refractivity contribution in [2.24, 2.45) is 0 Å². The lowest BCUT2D eigenvalue weighted by Crippen LogP contribution is -2.25. The summed E-state index contributed by atoms with van der Waals surface area (Å²) >= 11 is 6.02. The molecular weight excluding hydrogens is 281 g/mol. The average Bonchev–Trinajstić information content (AvgIpc) is 2.39. The molecule has 2 rings (SSSR count). The zero-order chi connectivity index (χ0) is 14.7. The molecule has 0 atom stereocenters. The maximum atomic E-state index is 13.1. The van der Waals surface area contributed by atoms with Crippen LogP contribution in [0.2, 0.25) is 5.02 Å². The van der Waals surface area contributed by atoms with E-state index >= 15 is 0 Å². The van der Waals surface area contributed by atoms with E-state index in [1.165, 1.54) is 18.2 Å². The largest absolute Gasteiger partial charge is 0.368 e. The molecule has 0 fully saturated rings. The van der Waals surface area contributed by atoms with Crippen LogP contribution in [0.3, 0.4) is 0 Å². The molecule has 1 aromatic heterocycles. The van der Waals surface area contributed by atoms with E-state index in [2.05, 4.69) is 15.0 Å². The third-order valence-corrected chi connectivity index (χ3v) is 3.17. The highest BCUT2D eigenvalue weighted by molar-refractivity contribution is 6.33. The van der Waals surface area contributed by atoms with Gasteiger partial charge in [0.05, 0.1) is 5.02 Å². The van der Waals surface area contributed by atoms with Crippen LogP contribution >= 0.6 is 11.6 Å². The quantitative estimate of drug-likeness (QED) is 0.939. The number of anilines is 2. The Morgan fingerprint density at radius 1 is 1.20 bits per heavy atom. The first kappa shape index (κ1) is 14.5. The van der Waals surface area contributed by atoms with Crippen LogP contribution in [0.1, 0.15) is 13.8 Å². The lowest BCUT2D eigenvalue weighted by Gasteiger charge is -2.19. The first-order valence-corrected chi connectivity index (χ1v) is 6.64. The molecule has 106 valence electrons. The van der Waals surface area contributed by atoms with E-state index < -0.39 is 5.82 Å². The molecule has 20 heavy (non-hydrogen) atoms. The van der Waals surface area contributed by atoms with Gasteiger partial charge in [0.25, 0.3) is 0 Å². The fraction of sp³-hybridized carbons (Fsp3) is 0.308. The van der Waals surface area contributed by atoms with Gasteiger partial charge in [-0.1, -0.05) is 11.6 Å².